The molecule has 4 N–H and O–H groups in total. The molecule has 0 aromatic heterocycles. The van der Waals surface area contributed by atoms with Crippen LogP contribution in [0.3, 0.4) is 0 Å². The molecule has 4 nitrogen and oxygen atoms in total. The fourth-order valence-electron chi connectivity index (χ4n) is 7.33. The smallest absolute Gasteiger partial charge is 0.131 e. The first-order valence-corrected chi connectivity index (χ1v) is 17.8. The molecule has 0 heterocycles. The standard InChI is InChI=1S/C47H48N2O2/c1-28-23-33(48)15-21-41(28)50-43-19-13-31(26-39(43)46(3,4)5)36-17-18-37-35-12-10-9-11-30(35)25-38(37)45(36)32-14-20-44(40(27-32)47(6,7)8)51-42-22-16-34(49)24-29(42)2/h9-24,26-27H,25,48-49H2,1-8H3. The van der Waals surface area contributed by atoms with E-state index in [1.165, 1.54) is 38.9 Å². The average Bonchev–Trinajstić information content (AvgIpc) is 3.45. The van der Waals surface area contributed by atoms with E-state index in [-0.39, 0.29) is 10.8 Å². The van der Waals surface area contributed by atoms with Crippen molar-refractivity contribution in [2.45, 2.75) is 72.6 Å². The van der Waals surface area contributed by atoms with E-state index in [0.29, 0.717) is 0 Å². The molecule has 0 fully saturated rings. The van der Waals surface area contributed by atoms with E-state index in [2.05, 4.69) is 114 Å². The first kappa shape index (κ1) is 34.0. The maximum Gasteiger partial charge on any atom is 0.131 e. The third-order valence-electron chi connectivity index (χ3n) is 10.0. The van der Waals surface area contributed by atoms with Crippen molar-refractivity contribution in [2.24, 2.45) is 0 Å². The van der Waals surface area contributed by atoms with E-state index in [1.54, 1.807) is 0 Å². The molecule has 0 aliphatic heterocycles. The highest BCUT2D eigenvalue weighted by atomic mass is 16.5. The number of aryl methyl sites for hydroxylation is 2. The molecule has 1 aliphatic carbocycles. The van der Waals surface area contributed by atoms with Crippen LogP contribution in [0, 0.1) is 13.8 Å². The zero-order valence-corrected chi connectivity index (χ0v) is 31.1. The Kier molecular flexibility index (Phi) is 8.46. The molecule has 258 valence electrons. The zero-order chi connectivity index (χ0) is 36.2. The van der Waals surface area contributed by atoms with Crippen LogP contribution in [0.2, 0.25) is 0 Å². The van der Waals surface area contributed by atoms with Crippen LogP contribution in [0.5, 0.6) is 23.0 Å². The summed E-state index contributed by atoms with van der Waals surface area (Å²) < 4.78 is 13.2. The Balaban J connectivity index is 1.41. The van der Waals surface area contributed by atoms with Gasteiger partial charge in [0, 0.05) is 22.5 Å². The van der Waals surface area contributed by atoms with E-state index in [9.17, 15) is 0 Å². The number of hydrogen-bond acceptors (Lipinski definition) is 4. The number of benzene rings is 6. The van der Waals surface area contributed by atoms with Crippen LogP contribution in [0.4, 0.5) is 11.4 Å². The average molecular weight is 673 g/mol. The lowest BCUT2D eigenvalue weighted by molar-refractivity contribution is 0.452. The Bertz CT molecular complexity index is 2300. The molecule has 6 aromatic rings. The summed E-state index contributed by atoms with van der Waals surface area (Å²) in [7, 11) is 0. The van der Waals surface area contributed by atoms with Gasteiger partial charge >= 0.3 is 0 Å². The van der Waals surface area contributed by atoms with Crippen molar-refractivity contribution in [1.29, 1.82) is 0 Å². The van der Waals surface area contributed by atoms with Crippen LogP contribution in [0.1, 0.15) is 74.9 Å². The van der Waals surface area contributed by atoms with Crippen molar-refractivity contribution >= 4 is 11.4 Å². The van der Waals surface area contributed by atoms with Gasteiger partial charge in [0.25, 0.3) is 0 Å². The second-order valence-corrected chi connectivity index (χ2v) is 16.0. The molecule has 51 heavy (non-hydrogen) atoms. The van der Waals surface area contributed by atoms with Gasteiger partial charge in [-0.15, -0.1) is 0 Å². The van der Waals surface area contributed by atoms with Crippen LogP contribution in [-0.2, 0) is 17.3 Å². The number of anilines is 2. The number of nitrogen functional groups attached to an aromatic ring is 2. The van der Waals surface area contributed by atoms with Crippen LogP contribution in [0.15, 0.2) is 109 Å². The quantitative estimate of drug-likeness (QED) is 0.173. The maximum absolute atomic E-state index is 6.62. The van der Waals surface area contributed by atoms with Gasteiger partial charge < -0.3 is 20.9 Å². The third kappa shape index (κ3) is 6.59. The van der Waals surface area contributed by atoms with Crippen molar-refractivity contribution in [3.05, 3.63) is 143 Å². The largest absolute Gasteiger partial charge is 0.457 e. The van der Waals surface area contributed by atoms with Gasteiger partial charge in [-0.1, -0.05) is 90.1 Å². The lowest BCUT2D eigenvalue weighted by Crippen LogP contribution is -2.13. The maximum atomic E-state index is 6.62. The number of rotatable bonds is 6. The molecule has 6 aromatic carbocycles. The van der Waals surface area contributed by atoms with Crippen molar-refractivity contribution in [2.75, 3.05) is 11.5 Å². The minimum atomic E-state index is -0.174. The van der Waals surface area contributed by atoms with Crippen LogP contribution < -0.4 is 20.9 Å². The summed E-state index contributed by atoms with van der Waals surface area (Å²) in [5.74, 6) is 3.32. The van der Waals surface area contributed by atoms with Gasteiger partial charge in [-0.2, -0.15) is 0 Å². The lowest BCUT2D eigenvalue weighted by Gasteiger charge is -2.26. The minimum absolute atomic E-state index is 0.168. The molecule has 1 aliphatic rings. The molecular weight excluding hydrogens is 625 g/mol. The molecule has 0 amide bonds. The van der Waals surface area contributed by atoms with Gasteiger partial charge in [0.05, 0.1) is 0 Å². The van der Waals surface area contributed by atoms with Crippen LogP contribution >= 0.6 is 0 Å². The van der Waals surface area contributed by atoms with Crippen molar-refractivity contribution in [3.8, 4) is 56.4 Å². The van der Waals surface area contributed by atoms with Gasteiger partial charge in [-0.3, -0.25) is 0 Å². The van der Waals surface area contributed by atoms with Crippen LogP contribution in [0.25, 0.3) is 33.4 Å². The normalized spacial score (nSPS) is 12.4. The number of nitrogens with two attached hydrogens (primary N) is 2. The van der Waals surface area contributed by atoms with Crippen molar-refractivity contribution < 1.29 is 9.47 Å². The summed E-state index contributed by atoms with van der Waals surface area (Å²) in [4.78, 5) is 0. The molecule has 0 atom stereocenters. The van der Waals surface area contributed by atoms with E-state index in [1.807, 2.05) is 50.2 Å². The molecule has 0 radical (unpaired) electrons. The Hall–Kier alpha value is -5.48. The zero-order valence-electron chi connectivity index (χ0n) is 31.1. The fourth-order valence-corrected chi connectivity index (χ4v) is 7.33. The monoisotopic (exact) mass is 672 g/mol. The number of hydrogen-bond donors (Lipinski definition) is 2. The molecule has 4 heteroatoms. The van der Waals surface area contributed by atoms with Gasteiger partial charge in [0.15, 0.2) is 0 Å². The van der Waals surface area contributed by atoms with E-state index in [0.717, 1.165) is 68.6 Å². The summed E-state index contributed by atoms with van der Waals surface area (Å²) in [6.07, 6.45) is 0.881. The molecule has 0 saturated heterocycles. The van der Waals surface area contributed by atoms with E-state index < -0.39 is 0 Å². The first-order valence-electron chi connectivity index (χ1n) is 17.8. The topological polar surface area (TPSA) is 70.5 Å². The third-order valence-corrected chi connectivity index (χ3v) is 10.0. The Labute approximate surface area is 303 Å². The van der Waals surface area contributed by atoms with Crippen molar-refractivity contribution in [3.63, 3.8) is 0 Å². The highest BCUT2D eigenvalue weighted by molar-refractivity contribution is 5.94. The second kappa shape index (κ2) is 12.7. The van der Waals surface area contributed by atoms with Gasteiger partial charge in [0.1, 0.15) is 23.0 Å². The summed E-state index contributed by atoms with van der Waals surface area (Å²) in [5, 5.41) is 0. The van der Waals surface area contributed by atoms with Gasteiger partial charge in [0.2, 0.25) is 0 Å². The predicted octanol–water partition coefficient (Wildman–Crippen LogP) is 12.6. The van der Waals surface area contributed by atoms with Gasteiger partial charge in [-0.25, -0.2) is 0 Å². The summed E-state index contributed by atoms with van der Waals surface area (Å²) in [5.41, 5.74) is 27.7. The van der Waals surface area contributed by atoms with Crippen molar-refractivity contribution in [1.82, 2.24) is 0 Å². The fraction of sp³-hybridized carbons (Fsp3) is 0.234. The Morgan fingerprint density at radius 3 is 1.53 bits per heavy atom. The second-order valence-electron chi connectivity index (χ2n) is 16.0. The van der Waals surface area contributed by atoms with E-state index in [4.69, 9.17) is 20.9 Å². The molecular formula is C47H48N2O2. The molecule has 7 rings (SSSR count). The summed E-state index contributed by atoms with van der Waals surface area (Å²) in [6, 6.07) is 38.4. The number of fused-ring (bicyclic) bond motifs is 3. The van der Waals surface area contributed by atoms with Crippen LogP contribution in [-0.4, -0.2) is 0 Å². The molecule has 0 spiro atoms. The van der Waals surface area contributed by atoms with E-state index >= 15 is 0 Å². The highest BCUT2D eigenvalue weighted by Gasteiger charge is 2.28. The van der Waals surface area contributed by atoms with Gasteiger partial charge in [-0.05, 0) is 147 Å². The molecule has 0 saturated carbocycles. The summed E-state index contributed by atoms with van der Waals surface area (Å²) in [6.45, 7) is 17.5. The minimum Gasteiger partial charge on any atom is -0.457 e. The lowest BCUT2D eigenvalue weighted by atomic mass is 9.81. The summed E-state index contributed by atoms with van der Waals surface area (Å²) >= 11 is 0. The SMILES string of the molecule is Cc1cc(N)ccc1Oc1ccc(-c2ccc3c(c2-c2ccc(Oc4ccc(N)cc4C)c(C(C)(C)C)c2)Cc2ccccc2-3)cc1C(C)(C)C. The Morgan fingerprint density at radius 1 is 0.490 bits per heavy atom. The predicted molar refractivity (Wildman–Crippen MR) is 214 cm³/mol. The molecule has 0 bridgehead atoms. The molecule has 0 unspecified atom stereocenters. The first-order chi connectivity index (χ1) is 24.2. The Morgan fingerprint density at radius 2 is 0.980 bits per heavy atom. The number of ether oxygens (including phenoxy) is 2. The highest BCUT2D eigenvalue weighted by Crippen LogP contribution is 2.49.